The van der Waals surface area contributed by atoms with Crippen molar-refractivity contribution in [3.8, 4) is 18.0 Å². The molecule has 0 fully saturated rings. The second kappa shape index (κ2) is 5.46. The van der Waals surface area contributed by atoms with Gasteiger partial charge in [-0.25, -0.2) is 0 Å². The summed E-state index contributed by atoms with van der Waals surface area (Å²) in [6, 6.07) is 7.73. The first-order valence-corrected chi connectivity index (χ1v) is 7.29. The van der Waals surface area contributed by atoms with Crippen LogP contribution >= 0.6 is 11.8 Å². The monoisotopic (exact) mass is 296 g/mol. The molecule has 3 rings (SSSR count). The first-order chi connectivity index (χ1) is 10.2. The van der Waals surface area contributed by atoms with Crippen molar-refractivity contribution in [1.29, 1.82) is 0 Å². The normalized spacial score (nSPS) is 10.7. The second-order valence-corrected chi connectivity index (χ2v) is 5.42. The number of hydrogen-bond donors (Lipinski definition) is 0. The van der Waals surface area contributed by atoms with Crippen molar-refractivity contribution < 1.29 is 0 Å². The molecule has 0 amide bonds. The molecule has 0 saturated heterocycles. The zero-order valence-corrected chi connectivity index (χ0v) is 12.2. The van der Waals surface area contributed by atoms with E-state index in [1.807, 2.05) is 31.2 Å². The number of hydrogen-bond acceptors (Lipinski definition) is 4. The highest BCUT2D eigenvalue weighted by Gasteiger charge is 2.11. The number of aromatic nitrogens is 4. The average Bonchev–Trinajstić information content (AvgIpc) is 2.89. The minimum absolute atomic E-state index is 0.205. The zero-order valence-electron chi connectivity index (χ0n) is 11.4. The summed E-state index contributed by atoms with van der Waals surface area (Å²) >= 11 is 1.37. The van der Waals surface area contributed by atoms with Gasteiger partial charge in [0.15, 0.2) is 5.16 Å². The molecular weight excluding hydrogens is 284 g/mol. The van der Waals surface area contributed by atoms with Gasteiger partial charge in [-0.2, -0.15) is 0 Å². The predicted molar refractivity (Wildman–Crippen MR) is 82.9 cm³/mol. The molecule has 1 aromatic carbocycles. The maximum Gasteiger partial charge on any atom is 0.300 e. The van der Waals surface area contributed by atoms with Crippen molar-refractivity contribution in [2.24, 2.45) is 0 Å². The van der Waals surface area contributed by atoms with E-state index in [1.54, 1.807) is 21.4 Å². The highest BCUT2D eigenvalue weighted by Crippen LogP contribution is 2.15. The van der Waals surface area contributed by atoms with Gasteiger partial charge in [-0.1, -0.05) is 29.8 Å². The Morgan fingerprint density at radius 3 is 2.95 bits per heavy atom. The van der Waals surface area contributed by atoms with Crippen LogP contribution in [0.4, 0.5) is 0 Å². The van der Waals surface area contributed by atoms with Gasteiger partial charge in [-0.15, -0.1) is 16.6 Å². The molecule has 0 unspecified atom stereocenters. The van der Waals surface area contributed by atoms with Crippen molar-refractivity contribution in [3.63, 3.8) is 0 Å². The topological polar surface area (TPSA) is 52.2 Å². The summed E-state index contributed by atoms with van der Waals surface area (Å²) in [4.78, 5) is 12.5. The molecule has 0 aliphatic rings. The second-order valence-electron chi connectivity index (χ2n) is 4.48. The average molecular weight is 296 g/mol. The van der Waals surface area contributed by atoms with Crippen LogP contribution in [-0.2, 0) is 0 Å². The van der Waals surface area contributed by atoms with Crippen molar-refractivity contribution in [2.45, 2.75) is 12.1 Å². The Hall–Kier alpha value is -2.52. The number of rotatable bonds is 3. The summed E-state index contributed by atoms with van der Waals surface area (Å²) < 4.78 is 3.23. The molecule has 0 aliphatic carbocycles. The van der Waals surface area contributed by atoms with Gasteiger partial charge in [-0.05, 0) is 24.6 Å². The van der Waals surface area contributed by atoms with E-state index in [0.717, 1.165) is 11.3 Å². The molecule has 21 heavy (non-hydrogen) atoms. The number of nitrogens with zero attached hydrogens (tertiary/aromatic N) is 4. The van der Waals surface area contributed by atoms with Crippen LogP contribution in [0.5, 0.6) is 0 Å². The lowest BCUT2D eigenvalue weighted by atomic mass is 10.2. The Bertz CT molecular complexity index is 904. The van der Waals surface area contributed by atoms with E-state index in [9.17, 15) is 4.79 Å². The van der Waals surface area contributed by atoms with Gasteiger partial charge in [-0.3, -0.25) is 13.8 Å². The maximum atomic E-state index is 12.5. The Morgan fingerprint density at radius 1 is 1.33 bits per heavy atom. The van der Waals surface area contributed by atoms with Crippen LogP contribution in [0.3, 0.4) is 0 Å². The van der Waals surface area contributed by atoms with Gasteiger partial charge < -0.3 is 0 Å². The van der Waals surface area contributed by atoms with Crippen LogP contribution < -0.4 is 5.56 Å². The molecule has 104 valence electrons. The molecule has 2 aromatic heterocycles. The zero-order chi connectivity index (χ0) is 14.8. The molecule has 0 spiro atoms. The van der Waals surface area contributed by atoms with Crippen molar-refractivity contribution >= 4 is 17.4 Å². The first kappa shape index (κ1) is 13.5. The third-order valence-electron chi connectivity index (χ3n) is 3.00. The number of fused-ring (bicyclic) bond motifs is 1. The quantitative estimate of drug-likeness (QED) is 0.547. The molecule has 0 aliphatic heterocycles. The minimum Gasteiger partial charge on any atom is -0.280 e. The number of thioether (sulfide) groups is 1. The maximum absolute atomic E-state index is 12.5. The van der Waals surface area contributed by atoms with Crippen LogP contribution in [0.25, 0.3) is 11.3 Å². The Morgan fingerprint density at radius 2 is 2.19 bits per heavy atom. The van der Waals surface area contributed by atoms with Crippen molar-refractivity contribution in [2.75, 3.05) is 5.75 Å². The third-order valence-corrected chi connectivity index (χ3v) is 3.85. The van der Waals surface area contributed by atoms with E-state index in [4.69, 9.17) is 6.42 Å². The van der Waals surface area contributed by atoms with Gasteiger partial charge in [0.25, 0.3) is 0 Å². The van der Waals surface area contributed by atoms with Crippen LogP contribution in [-0.4, -0.2) is 24.9 Å². The standard InChI is InChI=1S/C15H12N4OS/c1-3-9-21-15-17-16-13-14(20)18(7-8-19(13)15)12-6-4-5-11(2)10-12/h1,4-8,10H,9H2,2H3. The fourth-order valence-corrected chi connectivity index (χ4v) is 2.65. The number of aryl methyl sites for hydroxylation is 1. The predicted octanol–water partition coefficient (Wildman–Crippen LogP) is 1.91. The largest absolute Gasteiger partial charge is 0.300 e. The Kier molecular flexibility index (Phi) is 3.50. The van der Waals surface area contributed by atoms with Crippen LogP contribution in [0, 0.1) is 19.3 Å². The molecule has 6 heteroatoms. The van der Waals surface area contributed by atoms with Crippen LogP contribution in [0.2, 0.25) is 0 Å². The minimum atomic E-state index is -0.205. The highest BCUT2D eigenvalue weighted by atomic mass is 32.2. The van der Waals surface area contributed by atoms with Crippen molar-refractivity contribution in [3.05, 3.63) is 52.6 Å². The molecule has 0 saturated carbocycles. The lowest BCUT2D eigenvalue weighted by Crippen LogP contribution is -2.20. The lowest BCUT2D eigenvalue weighted by molar-refractivity contribution is 0.894. The van der Waals surface area contributed by atoms with E-state index in [0.29, 0.717) is 16.6 Å². The van der Waals surface area contributed by atoms with Crippen LogP contribution in [0.1, 0.15) is 5.56 Å². The number of benzene rings is 1. The molecule has 0 radical (unpaired) electrons. The van der Waals surface area contributed by atoms with Gasteiger partial charge in [0.05, 0.1) is 5.75 Å². The summed E-state index contributed by atoms with van der Waals surface area (Å²) in [5, 5.41) is 8.60. The lowest BCUT2D eigenvalue weighted by Gasteiger charge is -2.06. The summed E-state index contributed by atoms with van der Waals surface area (Å²) in [6.45, 7) is 1.98. The summed E-state index contributed by atoms with van der Waals surface area (Å²) in [5.41, 5.74) is 1.98. The summed E-state index contributed by atoms with van der Waals surface area (Å²) in [5.74, 6) is 3.02. The van der Waals surface area contributed by atoms with E-state index in [1.165, 1.54) is 11.8 Å². The molecule has 3 aromatic rings. The first-order valence-electron chi connectivity index (χ1n) is 6.30. The Labute approximate surface area is 125 Å². The van der Waals surface area contributed by atoms with E-state index >= 15 is 0 Å². The smallest absolute Gasteiger partial charge is 0.280 e. The molecule has 0 N–H and O–H groups in total. The Balaban J connectivity index is 2.14. The third kappa shape index (κ3) is 2.43. The van der Waals surface area contributed by atoms with Gasteiger partial charge >= 0.3 is 5.56 Å². The molecule has 0 atom stereocenters. The fraction of sp³-hybridized carbons (Fsp3) is 0.133. The van der Waals surface area contributed by atoms with E-state index in [2.05, 4.69) is 16.1 Å². The molecule has 2 heterocycles. The van der Waals surface area contributed by atoms with E-state index in [-0.39, 0.29) is 5.56 Å². The highest BCUT2D eigenvalue weighted by molar-refractivity contribution is 7.99. The van der Waals surface area contributed by atoms with Gasteiger partial charge in [0, 0.05) is 18.1 Å². The van der Waals surface area contributed by atoms with Gasteiger partial charge in [0.2, 0.25) is 5.65 Å². The summed E-state index contributed by atoms with van der Waals surface area (Å²) in [6.07, 6.45) is 8.73. The van der Waals surface area contributed by atoms with E-state index < -0.39 is 0 Å². The number of terminal acetylenes is 1. The fourth-order valence-electron chi connectivity index (χ4n) is 2.05. The molecule has 5 nitrogen and oxygen atoms in total. The molecular formula is C15H12N4OS. The van der Waals surface area contributed by atoms with Gasteiger partial charge in [0.1, 0.15) is 0 Å². The summed E-state index contributed by atoms with van der Waals surface area (Å²) in [7, 11) is 0. The SMILES string of the molecule is C#CCSc1nnc2c(=O)n(-c3cccc(C)c3)ccn12. The van der Waals surface area contributed by atoms with Crippen molar-refractivity contribution in [1.82, 2.24) is 19.2 Å². The molecule has 0 bridgehead atoms. The van der Waals surface area contributed by atoms with Crippen LogP contribution in [0.15, 0.2) is 46.6 Å².